The van der Waals surface area contributed by atoms with Gasteiger partial charge in [0.1, 0.15) is 5.54 Å². The lowest BCUT2D eigenvalue weighted by atomic mass is 9.90. The average molecular weight is 303 g/mol. The summed E-state index contributed by atoms with van der Waals surface area (Å²) in [6.07, 6.45) is 0.525. The van der Waals surface area contributed by atoms with Crippen molar-refractivity contribution in [2.24, 2.45) is 5.92 Å². The van der Waals surface area contributed by atoms with Gasteiger partial charge in [0.25, 0.3) is 0 Å². The van der Waals surface area contributed by atoms with Gasteiger partial charge in [-0.2, -0.15) is 5.26 Å². The molecule has 0 heterocycles. The third-order valence-electron chi connectivity index (χ3n) is 3.91. The summed E-state index contributed by atoms with van der Waals surface area (Å²) < 4.78 is 0. The van der Waals surface area contributed by atoms with Crippen LogP contribution in [0.5, 0.6) is 0 Å². The van der Waals surface area contributed by atoms with Crippen LogP contribution < -0.4 is 10.6 Å². The molecule has 0 aromatic heterocycles. The molecule has 2 unspecified atom stereocenters. The van der Waals surface area contributed by atoms with E-state index in [1.165, 1.54) is 0 Å². The van der Waals surface area contributed by atoms with E-state index in [-0.39, 0.29) is 31.0 Å². The number of benzene rings is 1. The summed E-state index contributed by atoms with van der Waals surface area (Å²) in [6.45, 7) is 5.66. The monoisotopic (exact) mass is 303 g/mol. The fraction of sp³-hybridized carbons (Fsp3) is 0.529. The number of nitrogens with one attached hydrogen (secondary N) is 2. The molecule has 0 saturated carbocycles. The Morgan fingerprint density at radius 1 is 1.36 bits per heavy atom. The molecule has 3 N–H and O–H groups in total. The van der Waals surface area contributed by atoms with Gasteiger partial charge in [0.05, 0.1) is 12.6 Å². The fourth-order valence-electron chi connectivity index (χ4n) is 2.05. The van der Waals surface area contributed by atoms with E-state index < -0.39 is 5.54 Å². The number of rotatable bonds is 8. The molecule has 5 nitrogen and oxygen atoms in total. The summed E-state index contributed by atoms with van der Waals surface area (Å²) in [5, 5.41) is 24.3. The molecule has 22 heavy (non-hydrogen) atoms. The second-order valence-corrected chi connectivity index (χ2v) is 5.87. The van der Waals surface area contributed by atoms with Crippen LogP contribution in [0.25, 0.3) is 0 Å². The van der Waals surface area contributed by atoms with Crippen LogP contribution in [-0.4, -0.2) is 29.7 Å². The molecule has 5 heteroatoms. The van der Waals surface area contributed by atoms with Crippen molar-refractivity contribution in [2.45, 2.75) is 38.8 Å². The summed E-state index contributed by atoms with van der Waals surface area (Å²) >= 11 is 0. The first kappa shape index (κ1) is 18.1. The van der Waals surface area contributed by atoms with E-state index in [0.717, 1.165) is 5.56 Å². The Hall–Kier alpha value is -1.90. The van der Waals surface area contributed by atoms with Crippen LogP contribution in [-0.2, 0) is 4.79 Å². The molecule has 0 spiro atoms. The van der Waals surface area contributed by atoms with Gasteiger partial charge in [0.15, 0.2) is 0 Å². The summed E-state index contributed by atoms with van der Waals surface area (Å²) in [5.41, 5.74) is 0.147. The molecule has 0 fully saturated rings. The van der Waals surface area contributed by atoms with E-state index in [2.05, 4.69) is 16.7 Å². The lowest BCUT2D eigenvalue weighted by Gasteiger charge is -2.28. The van der Waals surface area contributed by atoms with Gasteiger partial charge in [0, 0.05) is 12.6 Å². The molecular weight excluding hydrogens is 278 g/mol. The predicted molar refractivity (Wildman–Crippen MR) is 85.9 cm³/mol. The molecule has 1 aromatic rings. The van der Waals surface area contributed by atoms with Crippen LogP contribution in [0.2, 0.25) is 0 Å². The first-order valence-electron chi connectivity index (χ1n) is 7.54. The van der Waals surface area contributed by atoms with E-state index in [4.69, 9.17) is 0 Å². The number of carbonyl (C=O) groups excluding carboxylic acids is 1. The highest BCUT2D eigenvalue weighted by atomic mass is 16.3. The Balaban J connectivity index is 2.62. The van der Waals surface area contributed by atoms with Crippen LogP contribution in [0.1, 0.15) is 38.8 Å². The molecule has 0 bridgehead atoms. The van der Waals surface area contributed by atoms with Crippen molar-refractivity contribution in [2.75, 3.05) is 13.2 Å². The minimum Gasteiger partial charge on any atom is -0.396 e. The lowest BCUT2D eigenvalue weighted by molar-refractivity contribution is -0.122. The van der Waals surface area contributed by atoms with E-state index in [1.54, 1.807) is 6.92 Å². The molecule has 1 aromatic carbocycles. The second kappa shape index (κ2) is 8.52. The van der Waals surface area contributed by atoms with E-state index in [0.29, 0.717) is 6.42 Å². The number of hydrogen-bond donors (Lipinski definition) is 3. The van der Waals surface area contributed by atoms with E-state index in [1.807, 2.05) is 44.2 Å². The molecule has 2 atom stereocenters. The highest BCUT2D eigenvalue weighted by molar-refractivity contribution is 5.79. The average Bonchev–Trinajstić information content (AvgIpc) is 2.51. The van der Waals surface area contributed by atoms with Crippen molar-refractivity contribution in [1.29, 1.82) is 5.26 Å². The lowest BCUT2D eigenvalue weighted by Crippen LogP contribution is -2.51. The van der Waals surface area contributed by atoms with Gasteiger partial charge in [-0.3, -0.25) is 4.79 Å². The molecule has 0 aliphatic carbocycles. The maximum absolute atomic E-state index is 12.1. The van der Waals surface area contributed by atoms with E-state index in [9.17, 15) is 15.2 Å². The first-order valence-corrected chi connectivity index (χ1v) is 7.54. The second-order valence-electron chi connectivity index (χ2n) is 5.87. The Morgan fingerprint density at radius 3 is 2.50 bits per heavy atom. The number of nitriles is 1. The standard InChI is InChI=1S/C17H25N3O2/c1-13(2)17(3,12-18)20-16(22)11-19-15(9-10-21)14-7-5-4-6-8-14/h4-8,13,15,19,21H,9-11H2,1-3H3,(H,20,22). The molecule has 0 radical (unpaired) electrons. The number of hydrogen-bond acceptors (Lipinski definition) is 4. The number of amides is 1. The zero-order chi connectivity index (χ0) is 16.6. The highest BCUT2D eigenvalue weighted by Crippen LogP contribution is 2.17. The number of nitrogens with zero attached hydrogens (tertiary/aromatic N) is 1. The molecule has 0 aliphatic rings. The van der Waals surface area contributed by atoms with Crippen LogP contribution in [0, 0.1) is 17.2 Å². The summed E-state index contributed by atoms with van der Waals surface area (Å²) in [6, 6.07) is 11.7. The van der Waals surface area contributed by atoms with Crippen molar-refractivity contribution in [3.05, 3.63) is 35.9 Å². The Bertz CT molecular complexity index is 510. The molecule has 0 saturated heterocycles. The molecular formula is C17H25N3O2. The SMILES string of the molecule is CC(C)C(C)(C#N)NC(=O)CNC(CCO)c1ccccc1. The molecule has 1 amide bonds. The van der Waals surface area contributed by atoms with Gasteiger partial charge in [-0.1, -0.05) is 44.2 Å². The summed E-state index contributed by atoms with van der Waals surface area (Å²) in [4.78, 5) is 12.1. The van der Waals surface area contributed by atoms with Gasteiger partial charge in [-0.25, -0.2) is 0 Å². The first-order chi connectivity index (χ1) is 10.4. The fourth-order valence-corrected chi connectivity index (χ4v) is 2.05. The zero-order valence-corrected chi connectivity index (χ0v) is 13.5. The van der Waals surface area contributed by atoms with Crippen LogP contribution >= 0.6 is 0 Å². The number of aliphatic hydroxyl groups excluding tert-OH is 1. The third-order valence-corrected chi connectivity index (χ3v) is 3.91. The topological polar surface area (TPSA) is 85.2 Å². The van der Waals surface area contributed by atoms with E-state index >= 15 is 0 Å². The van der Waals surface area contributed by atoms with Gasteiger partial charge in [-0.15, -0.1) is 0 Å². The zero-order valence-electron chi connectivity index (χ0n) is 13.5. The third kappa shape index (κ3) is 5.14. The summed E-state index contributed by atoms with van der Waals surface area (Å²) in [7, 11) is 0. The molecule has 120 valence electrons. The molecule has 0 aliphatic heterocycles. The quantitative estimate of drug-likeness (QED) is 0.683. The van der Waals surface area contributed by atoms with Crippen molar-refractivity contribution in [3.63, 3.8) is 0 Å². The van der Waals surface area contributed by atoms with Gasteiger partial charge in [-0.05, 0) is 24.8 Å². The normalized spacial score (nSPS) is 14.9. The Morgan fingerprint density at radius 2 is 2.00 bits per heavy atom. The maximum Gasteiger partial charge on any atom is 0.235 e. The minimum atomic E-state index is -0.877. The number of carbonyl (C=O) groups is 1. The van der Waals surface area contributed by atoms with Gasteiger partial charge >= 0.3 is 0 Å². The molecule has 1 rings (SSSR count). The smallest absolute Gasteiger partial charge is 0.235 e. The van der Waals surface area contributed by atoms with Crippen molar-refractivity contribution in [1.82, 2.24) is 10.6 Å². The Kier molecular flexibility index (Phi) is 7.03. The minimum absolute atomic E-state index is 0.0174. The van der Waals surface area contributed by atoms with Crippen molar-refractivity contribution in [3.8, 4) is 6.07 Å². The van der Waals surface area contributed by atoms with Crippen molar-refractivity contribution >= 4 is 5.91 Å². The van der Waals surface area contributed by atoms with Crippen molar-refractivity contribution < 1.29 is 9.90 Å². The van der Waals surface area contributed by atoms with Crippen LogP contribution in [0.3, 0.4) is 0 Å². The summed E-state index contributed by atoms with van der Waals surface area (Å²) in [5.74, 6) is -0.208. The van der Waals surface area contributed by atoms with Gasteiger partial charge in [0.2, 0.25) is 5.91 Å². The largest absolute Gasteiger partial charge is 0.396 e. The maximum atomic E-state index is 12.1. The van der Waals surface area contributed by atoms with Gasteiger partial charge < -0.3 is 15.7 Å². The highest BCUT2D eigenvalue weighted by Gasteiger charge is 2.29. The predicted octanol–water partition coefficient (Wildman–Crippen LogP) is 1.75. The Labute approximate surface area is 132 Å². The van der Waals surface area contributed by atoms with Crippen LogP contribution in [0.15, 0.2) is 30.3 Å². The number of aliphatic hydroxyl groups is 1. The van der Waals surface area contributed by atoms with Crippen LogP contribution in [0.4, 0.5) is 0 Å².